The summed E-state index contributed by atoms with van der Waals surface area (Å²) in [7, 11) is -3.33. The number of hydrogen-bond donors (Lipinski definition) is 2. The summed E-state index contributed by atoms with van der Waals surface area (Å²) in [4.78, 5) is 41.3. The number of rotatable bonds is 8. The minimum atomic E-state index is -3.33. The largest absolute Gasteiger partial charge is 0.381 e. The molecule has 0 spiro atoms. The molecule has 4 heterocycles. The number of benzene rings is 2. The molecule has 0 aliphatic carbocycles. The van der Waals surface area contributed by atoms with E-state index in [9.17, 15) is 22.8 Å². The second-order valence-electron chi connectivity index (χ2n) is 12.6. The molecule has 0 saturated carbocycles. The van der Waals surface area contributed by atoms with Gasteiger partial charge in [0.05, 0.1) is 4.90 Å². The second kappa shape index (κ2) is 17.4. The van der Waals surface area contributed by atoms with E-state index >= 15 is 0 Å². The molecular formula is C39H40Cl2N2O7S. The third-order valence-corrected chi connectivity index (χ3v) is 10.5. The number of sulfone groups is 1. The average Bonchev–Trinajstić information content (AvgIpc) is 3.13. The Morgan fingerprint density at radius 1 is 0.686 bits per heavy atom. The van der Waals surface area contributed by atoms with Crippen LogP contribution >= 0.6 is 23.2 Å². The molecule has 9 nitrogen and oxygen atoms in total. The number of Topliss-reactive ketones (excluding diaryl/α,β-unsaturated/α-hetero) is 1. The van der Waals surface area contributed by atoms with Crippen molar-refractivity contribution in [2.24, 2.45) is 11.8 Å². The number of allylic oxidation sites excluding steroid dienone is 2. The van der Waals surface area contributed by atoms with E-state index in [1.54, 1.807) is 43.3 Å². The van der Waals surface area contributed by atoms with Crippen molar-refractivity contribution < 1.29 is 22.7 Å². The molecule has 2 fully saturated rings. The Kier molecular flexibility index (Phi) is 13.1. The van der Waals surface area contributed by atoms with Gasteiger partial charge < -0.3 is 19.4 Å². The maximum atomic E-state index is 12.0. The third-order valence-electron chi connectivity index (χ3n) is 8.82. The van der Waals surface area contributed by atoms with Gasteiger partial charge in [-0.2, -0.15) is 0 Å². The van der Waals surface area contributed by atoms with E-state index in [0.29, 0.717) is 36.3 Å². The number of H-pyrrole nitrogens is 2. The molecule has 0 amide bonds. The highest BCUT2D eigenvalue weighted by Gasteiger charge is 2.18. The summed E-state index contributed by atoms with van der Waals surface area (Å²) in [5.74, 6) is 0.705. The fourth-order valence-electron chi connectivity index (χ4n) is 5.92. The number of pyridine rings is 2. The molecule has 2 aliphatic heterocycles. The van der Waals surface area contributed by atoms with Crippen molar-refractivity contribution in [1.82, 2.24) is 9.97 Å². The predicted molar refractivity (Wildman–Crippen MR) is 201 cm³/mol. The lowest BCUT2D eigenvalue weighted by molar-refractivity contribution is 0.0785. The van der Waals surface area contributed by atoms with Crippen LogP contribution in [-0.2, 0) is 19.3 Å². The van der Waals surface area contributed by atoms with Crippen molar-refractivity contribution in [1.29, 1.82) is 0 Å². The molecule has 4 aromatic rings. The quantitative estimate of drug-likeness (QED) is 0.180. The minimum absolute atomic E-state index is 0.0291. The van der Waals surface area contributed by atoms with Crippen molar-refractivity contribution in [3.63, 3.8) is 0 Å². The monoisotopic (exact) mass is 750 g/mol. The van der Waals surface area contributed by atoms with Gasteiger partial charge in [-0.15, -0.1) is 0 Å². The molecule has 0 atom stereocenters. The van der Waals surface area contributed by atoms with Crippen LogP contribution in [0.3, 0.4) is 0 Å². The van der Waals surface area contributed by atoms with Crippen molar-refractivity contribution in [2.45, 2.75) is 37.5 Å². The summed E-state index contributed by atoms with van der Waals surface area (Å²) in [5, 5.41) is 0.283. The fraction of sp³-hybridized carbons (Fsp3) is 0.308. The molecule has 0 bridgehead atoms. The molecule has 2 aromatic carbocycles. The number of aromatic amines is 2. The number of carbonyl (C=O) groups excluding carboxylic acids is 1. The van der Waals surface area contributed by atoms with E-state index in [2.05, 4.69) is 22.1 Å². The Bertz CT molecular complexity index is 2140. The van der Waals surface area contributed by atoms with Gasteiger partial charge in [-0.25, -0.2) is 8.42 Å². The summed E-state index contributed by atoms with van der Waals surface area (Å²) >= 11 is 11.7. The van der Waals surface area contributed by atoms with Crippen LogP contribution in [0.2, 0.25) is 10.0 Å². The van der Waals surface area contributed by atoms with Gasteiger partial charge in [-0.05, 0) is 92.0 Å². The second-order valence-corrected chi connectivity index (χ2v) is 15.4. The van der Waals surface area contributed by atoms with Crippen LogP contribution in [-0.4, -0.2) is 56.9 Å². The van der Waals surface area contributed by atoms with E-state index in [4.69, 9.17) is 32.7 Å². The molecule has 2 aliphatic rings. The minimum Gasteiger partial charge on any atom is -0.381 e. The molecular weight excluding hydrogens is 711 g/mol. The summed E-state index contributed by atoms with van der Waals surface area (Å²) in [6.07, 6.45) is 9.12. The molecule has 2 saturated heterocycles. The molecule has 6 rings (SSSR count). The first-order valence-electron chi connectivity index (χ1n) is 16.7. The van der Waals surface area contributed by atoms with Crippen LogP contribution in [0.5, 0.6) is 0 Å². The van der Waals surface area contributed by atoms with Crippen LogP contribution in [0.15, 0.2) is 99.4 Å². The topological polar surface area (TPSA) is 135 Å². The highest BCUT2D eigenvalue weighted by molar-refractivity contribution is 7.90. The highest BCUT2D eigenvalue weighted by atomic mass is 35.5. The van der Waals surface area contributed by atoms with E-state index in [-0.39, 0.29) is 31.8 Å². The first-order chi connectivity index (χ1) is 24.4. The van der Waals surface area contributed by atoms with Gasteiger partial charge in [0.2, 0.25) is 0 Å². The summed E-state index contributed by atoms with van der Waals surface area (Å²) < 4.78 is 34.7. The zero-order valence-electron chi connectivity index (χ0n) is 28.4. The first-order valence-corrected chi connectivity index (χ1v) is 19.3. The third kappa shape index (κ3) is 10.5. The maximum absolute atomic E-state index is 12.0. The maximum Gasteiger partial charge on any atom is 0.267 e. The van der Waals surface area contributed by atoms with E-state index < -0.39 is 9.84 Å². The molecule has 268 valence electrons. The molecule has 2 N–H and O–H groups in total. The molecule has 0 radical (unpaired) electrons. The van der Waals surface area contributed by atoms with Crippen molar-refractivity contribution >= 4 is 50.0 Å². The van der Waals surface area contributed by atoms with E-state index in [1.807, 2.05) is 36.4 Å². The van der Waals surface area contributed by atoms with E-state index in [0.717, 1.165) is 66.9 Å². The van der Waals surface area contributed by atoms with E-state index in [1.165, 1.54) is 6.26 Å². The smallest absolute Gasteiger partial charge is 0.267 e. The van der Waals surface area contributed by atoms with Crippen molar-refractivity contribution in [3.05, 3.63) is 144 Å². The molecule has 2 aromatic heterocycles. The standard InChI is InChI=1S/C20H20ClNO3.C19H20ClNO4S/c1-13(23)15-2-4-16(5-3-15)17(12-14-8-10-25-11-9-14)19-7-6-18(21)20(24)22-19;1-26(23,24)15-4-2-3-14(12-15)16(11-13-7-9-25-10-8-13)18-6-5-17(20)19(22)21-18/h2-7,12,14H,8-11H2,1H3,(H,22,24);2-6,11-13H,7-10H2,1H3,(H,21,22)/b17-12+;16-11+. The highest BCUT2D eigenvalue weighted by Crippen LogP contribution is 2.30. The summed E-state index contributed by atoms with van der Waals surface area (Å²) in [6, 6.07) is 20.9. The van der Waals surface area contributed by atoms with Gasteiger partial charge >= 0.3 is 0 Å². The lowest BCUT2D eigenvalue weighted by atomic mass is 9.92. The fourth-order valence-corrected chi connectivity index (χ4v) is 6.81. The van der Waals surface area contributed by atoms with Gasteiger partial charge in [0.15, 0.2) is 15.6 Å². The number of ether oxygens (including phenoxy) is 2. The van der Waals surface area contributed by atoms with Gasteiger partial charge in [0.25, 0.3) is 11.1 Å². The number of ketones is 1. The normalized spacial score (nSPS) is 16.3. The molecule has 0 unspecified atom stereocenters. The molecule has 51 heavy (non-hydrogen) atoms. The van der Waals surface area contributed by atoms with Crippen molar-refractivity contribution in [2.75, 3.05) is 32.7 Å². The Balaban J connectivity index is 0.000000198. The van der Waals surface area contributed by atoms with Gasteiger partial charge in [0.1, 0.15) is 10.0 Å². The van der Waals surface area contributed by atoms with Crippen LogP contribution < -0.4 is 11.1 Å². The zero-order valence-corrected chi connectivity index (χ0v) is 30.7. The Labute approximate surface area is 307 Å². The Morgan fingerprint density at radius 3 is 1.57 bits per heavy atom. The Hall–Kier alpha value is -4.06. The number of nitrogens with one attached hydrogen (secondary N) is 2. The van der Waals surface area contributed by atoms with Gasteiger partial charge in [-0.1, -0.05) is 71.8 Å². The number of hydrogen-bond acceptors (Lipinski definition) is 7. The number of halogens is 2. The lowest BCUT2D eigenvalue weighted by Crippen LogP contribution is -2.15. The van der Waals surface area contributed by atoms with Crippen LogP contribution in [0.4, 0.5) is 0 Å². The van der Waals surface area contributed by atoms with Crippen LogP contribution in [0.25, 0.3) is 11.1 Å². The SMILES string of the molecule is CC(=O)c1ccc(/C(=C\C2CCOCC2)c2ccc(Cl)c(=O)[nH]2)cc1.CS(=O)(=O)c1cccc(/C(=C\C2CCOCC2)c2ccc(Cl)c(=O)[nH]2)c1. The number of carbonyl (C=O) groups is 1. The van der Waals surface area contributed by atoms with Crippen LogP contribution in [0, 0.1) is 11.8 Å². The lowest BCUT2D eigenvalue weighted by Gasteiger charge is -2.21. The first kappa shape index (κ1) is 38.2. The summed E-state index contributed by atoms with van der Waals surface area (Å²) in [6.45, 7) is 4.41. The Morgan fingerprint density at radius 2 is 1.14 bits per heavy atom. The van der Waals surface area contributed by atoms with Crippen LogP contribution in [0.1, 0.15) is 65.5 Å². The summed E-state index contributed by atoms with van der Waals surface area (Å²) in [5.41, 5.74) is 4.73. The van der Waals surface area contributed by atoms with Crippen molar-refractivity contribution in [3.8, 4) is 0 Å². The predicted octanol–water partition coefficient (Wildman–Crippen LogP) is 7.38. The number of aromatic nitrogens is 2. The molecule has 12 heteroatoms. The van der Waals surface area contributed by atoms with Gasteiger partial charge in [-0.3, -0.25) is 14.4 Å². The zero-order chi connectivity index (χ0) is 36.5. The average molecular weight is 752 g/mol. The van der Waals surface area contributed by atoms with Gasteiger partial charge in [0, 0.05) is 60.8 Å².